The molecule has 0 N–H and O–H groups in total. The van der Waals surface area contributed by atoms with Crippen LogP contribution in [-0.2, 0) is 11.3 Å². The van der Waals surface area contributed by atoms with E-state index in [1.807, 2.05) is 19.9 Å². The Morgan fingerprint density at radius 2 is 1.96 bits per heavy atom. The summed E-state index contributed by atoms with van der Waals surface area (Å²) in [5.74, 6) is 0.0673. The van der Waals surface area contributed by atoms with E-state index < -0.39 is 0 Å². The average Bonchev–Trinajstić information content (AvgIpc) is 2.69. The van der Waals surface area contributed by atoms with E-state index in [1.165, 1.54) is 30.3 Å². The van der Waals surface area contributed by atoms with Crippen LogP contribution in [0.25, 0.3) is 0 Å². The number of carbonyl (C=O) groups is 1. The van der Waals surface area contributed by atoms with Gasteiger partial charge in [0.15, 0.2) is 0 Å². The maximum Gasteiger partial charge on any atom is 0.348 e. The topological polar surface area (TPSA) is 58.4 Å². The second-order valence-electron chi connectivity index (χ2n) is 8.80. The van der Waals surface area contributed by atoms with Gasteiger partial charge < -0.3 is 4.90 Å². The number of hydrogen-bond donors (Lipinski definition) is 0. The monoisotopic (exact) mass is 358 g/mol. The number of piperidine rings is 1. The van der Waals surface area contributed by atoms with Crippen molar-refractivity contribution in [3.63, 3.8) is 0 Å². The number of likely N-dealkylation sites (tertiary alicyclic amines) is 2. The summed E-state index contributed by atoms with van der Waals surface area (Å²) in [7, 11) is 2.23. The lowest BCUT2D eigenvalue weighted by Crippen LogP contribution is -2.56. The summed E-state index contributed by atoms with van der Waals surface area (Å²) >= 11 is 0. The third-order valence-electron chi connectivity index (χ3n) is 7.21. The van der Waals surface area contributed by atoms with E-state index in [-0.39, 0.29) is 29.6 Å². The van der Waals surface area contributed by atoms with E-state index in [9.17, 15) is 9.59 Å². The van der Waals surface area contributed by atoms with Gasteiger partial charge in [-0.1, -0.05) is 19.8 Å². The summed E-state index contributed by atoms with van der Waals surface area (Å²) in [6.07, 6.45) is 5.94. The van der Waals surface area contributed by atoms with Gasteiger partial charge >= 0.3 is 5.69 Å². The number of likely N-dealkylation sites (N-methyl/N-ethyl adjacent to an activating group) is 1. The molecule has 26 heavy (non-hydrogen) atoms. The van der Waals surface area contributed by atoms with Crippen LogP contribution in [0.2, 0.25) is 0 Å². The minimum absolute atomic E-state index is 0.0673. The molecule has 2 bridgehead atoms. The summed E-state index contributed by atoms with van der Waals surface area (Å²) in [6, 6.07) is 3.17. The molecule has 6 nitrogen and oxygen atoms in total. The van der Waals surface area contributed by atoms with Crippen LogP contribution in [0.3, 0.4) is 0 Å². The maximum absolute atomic E-state index is 13.3. The van der Waals surface area contributed by atoms with Crippen molar-refractivity contribution in [2.75, 3.05) is 13.6 Å². The number of rotatable bonds is 2. The fraction of sp³-hybridized carbons (Fsp3) is 0.750. The summed E-state index contributed by atoms with van der Waals surface area (Å²) in [4.78, 5) is 34.2. The third kappa shape index (κ3) is 2.61. The van der Waals surface area contributed by atoms with Gasteiger partial charge in [-0.25, -0.2) is 4.79 Å². The largest absolute Gasteiger partial charge is 0.348 e. The van der Waals surface area contributed by atoms with Gasteiger partial charge in [-0.2, -0.15) is 4.98 Å². The molecule has 0 spiro atoms. The number of aromatic nitrogens is 2. The molecular formula is C20H30N4O2. The standard InChI is InChI=1S/C20H30N4O2/c1-13-9-14(2)23(19(26)21-13)12-18(25)24-11-15-10-20(3)16(22(15)4)7-5-6-8-17(20)24/h9,15-17H,5-8,10-12H2,1-4H3/t15-,16-,17+,20-/m0/s1. The Labute approximate surface area is 155 Å². The quantitative estimate of drug-likeness (QED) is 0.808. The van der Waals surface area contributed by atoms with Gasteiger partial charge in [0.2, 0.25) is 5.91 Å². The van der Waals surface area contributed by atoms with Crippen LogP contribution in [-0.4, -0.2) is 57.0 Å². The van der Waals surface area contributed by atoms with Gasteiger partial charge in [-0.05, 0) is 46.2 Å². The van der Waals surface area contributed by atoms with Gasteiger partial charge in [0, 0.05) is 41.5 Å². The van der Waals surface area contributed by atoms with Crippen LogP contribution in [0.5, 0.6) is 0 Å². The molecule has 3 aliphatic rings. The number of amides is 1. The van der Waals surface area contributed by atoms with Crippen molar-refractivity contribution in [1.29, 1.82) is 0 Å². The van der Waals surface area contributed by atoms with Crippen molar-refractivity contribution in [3.8, 4) is 0 Å². The van der Waals surface area contributed by atoms with Crippen LogP contribution in [0.15, 0.2) is 10.9 Å². The Kier molecular flexibility index (Phi) is 4.21. The molecule has 6 heteroatoms. The van der Waals surface area contributed by atoms with E-state index >= 15 is 0 Å². The molecule has 1 aromatic rings. The first kappa shape index (κ1) is 17.7. The Bertz CT molecular complexity index is 789. The van der Waals surface area contributed by atoms with Crippen LogP contribution in [0.1, 0.15) is 50.4 Å². The van der Waals surface area contributed by atoms with Crippen molar-refractivity contribution in [1.82, 2.24) is 19.4 Å². The number of fused-ring (bicyclic) bond motifs is 1. The van der Waals surface area contributed by atoms with Crippen LogP contribution < -0.4 is 5.69 Å². The Hall–Kier alpha value is -1.69. The molecule has 3 heterocycles. The average molecular weight is 358 g/mol. The smallest absolute Gasteiger partial charge is 0.336 e. The SMILES string of the molecule is Cc1cc(C)n(CC(=O)N2C[C@@H]3C[C@@]4(C)[C@H](CCCC[C@@H]24)N3C)c(=O)n1. The van der Waals surface area contributed by atoms with Gasteiger partial charge in [0.1, 0.15) is 6.54 Å². The fourth-order valence-electron chi connectivity index (χ4n) is 5.93. The molecule has 3 fully saturated rings. The number of carbonyl (C=O) groups excluding carboxylic acids is 1. The third-order valence-corrected chi connectivity index (χ3v) is 7.21. The molecule has 4 atom stereocenters. The molecule has 0 aromatic carbocycles. The highest BCUT2D eigenvalue weighted by molar-refractivity contribution is 5.77. The Morgan fingerprint density at radius 1 is 1.27 bits per heavy atom. The van der Waals surface area contributed by atoms with E-state index in [0.717, 1.165) is 18.7 Å². The highest BCUT2D eigenvalue weighted by atomic mass is 16.2. The maximum atomic E-state index is 13.3. The van der Waals surface area contributed by atoms with Crippen LogP contribution >= 0.6 is 0 Å². The first-order valence-corrected chi connectivity index (χ1v) is 9.88. The number of hydrogen-bond acceptors (Lipinski definition) is 4. The zero-order chi connectivity index (χ0) is 18.6. The molecule has 4 rings (SSSR count). The van der Waals surface area contributed by atoms with Gasteiger partial charge in [-0.3, -0.25) is 14.3 Å². The summed E-state index contributed by atoms with van der Waals surface area (Å²) in [6.45, 7) is 6.96. The van der Waals surface area contributed by atoms with E-state index in [0.29, 0.717) is 17.8 Å². The van der Waals surface area contributed by atoms with Crippen molar-refractivity contribution < 1.29 is 4.79 Å². The lowest BCUT2D eigenvalue weighted by Gasteiger charge is -2.46. The minimum atomic E-state index is -0.321. The highest BCUT2D eigenvalue weighted by Gasteiger charge is 2.58. The molecule has 0 unspecified atom stereocenters. The van der Waals surface area contributed by atoms with Crippen molar-refractivity contribution >= 4 is 5.91 Å². The zero-order valence-electron chi connectivity index (χ0n) is 16.4. The molecular weight excluding hydrogens is 328 g/mol. The molecule has 2 saturated heterocycles. The van der Waals surface area contributed by atoms with Gasteiger partial charge in [0.05, 0.1) is 0 Å². The molecule has 1 saturated carbocycles. The lowest BCUT2D eigenvalue weighted by molar-refractivity contribution is -0.139. The zero-order valence-corrected chi connectivity index (χ0v) is 16.4. The lowest BCUT2D eigenvalue weighted by atomic mass is 9.71. The second kappa shape index (κ2) is 6.19. The van der Waals surface area contributed by atoms with Gasteiger partial charge in [-0.15, -0.1) is 0 Å². The molecule has 142 valence electrons. The Balaban J connectivity index is 1.64. The summed E-state index contributed by atoms with van der Waals surface area (Å²) in [5, 5.41) is 0. The number of aryl methyl sites for hydroxylation is 2. The molecule has 0 radical (unpaired) electrons. The highest BCUT2D eigenvalue weighted by Crippen LogP contribution is 2.52. The van der Waals surface area contributed by atoms with E-state index in [2.05, 4.69) is 28.8 Å². The summed E-state index contributed by atoms with van der Waals surface area (Å²) < 4.78 is 1.52. The molecule has 2 aliphatic heterocycles. The van der Waals surface area contributed by atoms with E-state index in [4.69, 9.17) is 0 Å². The first-order chi connectivity index (χ1) is 12.3. The van der Waals surface area contributed by atoms with Crippen LogP contribution in [0, 0.1) is 19.3 Å². The minimum Gasteiger partial charge on any atom is -0.336 e. The molecule has 1 aromatic heterocycles. The molecule has 1 amide bonds. The first-order valence-electron chi connectivity index (χ1n) is 9.88. The van der Waals surface area contributed by atoms with Crippen molar-refractivity contribution in [2.24, 2.45) is 5.41 Å². The van der Waals surface area contributed by atoms with E-state index in [1.54, 1.807) is 0 Å². The predicted octanol–water partition coefficient (Wildman–Crippen LogP) is 1.72. The predicted molar refractivity (Wildman–Crippen MR) is 100 cm³/mol. The summed E-state index contributed by atoms with van der Waals surface area (Å²) in [5.41, 5.74) is 1.36. The van der Waals surface area contributed by atoms with Crippen molar-refractivity contribution in [2.45, 2.75) is 77.5 Å². The molecule has 1 aliphatic carbocycles. The number of nitrogens with zero attached hydrogens (tertiary/aromatic N) is 4. The Morgan fingerprint density at radius 3 is 2.65 bits per heavy atom. The fourth-order valence-corrected chi connectivity index (χ4v) is 5.93. The normalized spacial score (nSPS) is 34.0. The second-order valence-corrected chi connectivity index (χ2v) is 8.80. The van der Waals surface area contributed by atoms with Crippen LogP contribution in [0.4, 0.5) is 0 Å². The van der Waals surface area contributed by atoms with Crippen molar-refractivity contribution in [3.05, 3.63) is 27.9 Å². The van der Waals surface area contributed by atoms with Gasteiger partial charge in [0.25, 0.3) is 0 Å².